The number of hydrogen-bond acceptors (Lipinski definition) is 4. The highest BCUT2D eigenvalue weighted by Crippen LogP contribution is 2.17. The fraction of sp³-hybridized carbons (Fsp3) is 0.391. The maximum absolute atomic E-state index is 5.77. The minimum absolute atomic E-state index is 0.632. The Morgan fingerprint density at radius 2 is 2.00 bits per heavy atom. The lowest BCUT2D eigenvalue weighted by Crippen LogP contribution is -2.30. The number of methoxy groups -OCH3 is 1. The van der Waals surface area contributed by atoms with E-state index in [-0.39, 0.29) is 0 Å². The van der Waals surface area contributed by atoms with Gasteiger partial charge in [-0.25, -0.2) is 4.98 Å². The first-order valence-electron chi connectivity index (χ1n) is 10.5. The Labute approximate surface area is 177 Å². The van der Waals surface area contributed by atoms with Gasteiger partial charge >= 0.3 is 0 Å². The summed E-state index contributed by atoms with van der Waals surface area (Å²) in [5, 5.41) is 6.64. The van der Waals surface area contributed by atoms with Crippen LogP contribution in [0.3, 0.4) is 0 Å². The van der Waals surface area contributed by atoms with Crippen LogP contribution in [0.5, 0.6) is 5.75 Å². The van der Waals surface area contributed by atoms with Gasteiger partial charge in [-0.1, -0.05) is 18.2 Å². The van der Waals surface area contributed by atoms with Crippen molar-refractivity contribution < 1.29 is 9.47 Å². The van der Waals surface area contributed by atoms with Crippen molar-refractivity contribution in [2.24, 2.45) is 4.99 Å². The van der Waals surface area contributed by atoms with Gasteiger partial charge in [-0.3, -0.25) is 4.99 Å². The second kappa shape index (κ2) is 11.8. The molecule has 160 valence electrons. The molecule has 0 unspecified atom stereocenters. The molecule has 0 saturated carbocycles. The number of fused-ring (bicyclic) bond motifs is 1. The maximum atomic E-state index is 5.77. The molecule has 0 saturated heterocycles. The maximum Gasteiger partial charge on any atom is 0.195 e. The van der Waals surface area contributed by atoms with Gasteiger partial charge < -0.3 is 25.1 Å². The molecule has 0 fully saturated rings. The van der Waals surface area contributed by atoms with Crippen LogP contribution in [0.15, 0.2) is 53.5 Å². The molecule has 7 heteroatoms. The van der Waals surface area contributed by atoms with E-state index >= 15 is 0 Å². The lowest BCUT2D eigenvalue weighted by Gasteiger charge is -2.13. The summed E-state index contributed by atoms with van der Waals surface area (Å²) in [6.07, 6.45) is 2.64. The molecule has 0 aliphatic rings. The summed E-state index contributed by atoms with van der Waals surface area (Å²) in [4.78, 5) is 12.7. The van der Waals surface area contributed by atoms with Crippen LogP contribution in [-0.4, -0.2) is 49.3 Å². The summed E-state index contributed by atoms with van der Waals surface area (Å²) in [6.45, 7) is 4.89. The predicted molar refractivity (Wildman–Crippen MR) is 122 cm³/mol. The Kier molecular flexibility index (Phi) is 8.53. The number of rotatable bonds is 11. The molecular weight excluding hydrogens is 378 g/mol. The highest BCUT2D eigenvalue weighted by molar-refractivity contribution is 5.93. The monoisotopic (exact) mass is 409 g/mol. The molecule has 7 nitrogen and oxygen atoms in total. The fourth-order valence-electron chi connectivity index (χ4n) is 3.06. The number of aryl methyl sites for hydroxylation is 1. The van der Waals surface area contributed by atoms with Gasteiger partial charge in [-0.05, 0) is 37.6 Å². The van der Waals surface area contributed by atoms with E-state index in [1.807, 2.05) is 48.5 Å². The highest BCUT2D eigenvalue weighted by Gasteiger charge is 2.03. The normalized spacial score (nSPS) is 11.6. The number of aromatic amines is 1. The molecule has 0 aliphatic heterocycles. The van der Waals surface area contributed by atoms with Crippen molar-refractivity contribution in [2.75, 3.05) is 38.7 Å². The zero-order valence-corrected chi connectivity index (χ0v) is 17.8. The van der Waals surface area contributed by atoms with Gasteiger partial charge in [0.25, 0.3) is 0 Å². The lowest BCUT2D eigenvalue weighted by atomic mass is 10.3. The van der Waals surface area contributed by atoms with E-state index in [1.165, 1.54) is 0 Å². The number of aromatic nitrogens is 2. The lowest BCUT2D eigenvalue weighted by molar-refractivity contribution is 0.172. The SMILES string of the molecule is CCNC(=NCCCc1nc2ccccc2[nH]1)Nc1cccc(OCCCOC)c1. The Morgan fingerprint density at radius 3 is 2.83 bits per heavy atom. The molecule has 0 bridgehead atoms. The summed E-state index contributed by atoms with van der Waals surface area (Å²) in [5.74, 6) is 2.60. The number of anilines is 1. The summed E-state index contributed by atoms with van der Waals surface area (Å²) in [6, 6.07) is 16.0. The summed E-state index contributed by atoms with van der Waals surface area (Å²) in [7, 11) is 1.70. The first-order valence-corrected chi connectivity index (χ1v) is 10.5. The molecule has 1 heterocycles. The standard InChI is InChI=1S/C23H31N5O2/c1-3-24-23(26-18-9-6-10-19(17-18)30-16-8-15-29-2)25-14-7-13-22-27-20-11-4-5-12-21(20)28-22/h4-6,9-12,17H,3,7-8,13-16H2,1-2H3,(H,27,28)(H2,24,25,26). The molecule has 0 aliphatic carbocycles. The van der Waals surface area contributed by atoms with Gasteiger partial charge in [0.2, 0.25) is 0 Å². The Bertz CT molecular complexity index is 905. The van der Waals surface area contributed by atoms with E-state index in [1.54, 1.807) is 7.11 Å². The second-order valence-electron chi connectivity index (χ2n) is 6.91. The zero-order chi connectivity index (χ0) is 21.0. The van der Waals surface area contributed by atoms with Crippen LogP contribution in [0.2, 0.25) is 0 Å². The highest BCUT2D eigenvalue weighted by atomic mass is 16.5. The third-order valence-electron chi connectivity index (χ3n) is 4.48. The number of hydrogen-bond donors (Lipinski definition) is 3. The molecule has 30 heavy (non-hydrogen) atoms. The molecule has 0 radical (unpaired) electrons. The summed E-state index contributed by atoms with van der Waals surface area (Å²) >= 11 is 0. The van der Waals surface area contributed by atoms with E-state index in [0.29, 0.717) is 19.8 Å². The van der Waals surface area contributed by atoms with Gasteiger partial charge in [-0.2, -0.15) is 0 Å². The number of H-pyrrole nitrogens is 1. The van der Waals surface area contributed by atoms with Crippen molar-refractivity contribution in [3.8, 4) is 5.75 Å². The minimum Gasteiger partial charge on any atom is -0.493 e. The van der Waals surface area contributed by atoms with E-state index in [2.05, 4.69) is 32.5 Å². The van der Waals surface area contributed by atoms with Gasteiger partial charge in [-0.15, -0.1) is 0 Å². The quantitative estimate of drug-likeness (QED) is 0.253. The zero-order valence-electron chi connectivity index (χ0n) is 17.8. The molecule has 2 aromatic carbocycles. The molecular formula is C23H31N5O2. The molecule has 0 amide bonds. The van der Waals surface area contributed by atoms with Crippen molar-refractivity contribution in [3.63, 3.8) is 0 Å². The number of imidazole rings is 1. The molecule has 1 aromatic heterocycles. The Hall–Kier alpha value is -3.06. The number of benzene rings is 2. The van der Waals surface area contributed by atoms with Crippen molar-refractivity contribution in [1.82, 2.24) is 15.3 Å². The van der Waals surface area contributed by atoms with Gasteiger partial charge in [0.15, 0.2) is 5.96 Å². The topological polar surface area (TPSA) is 83.6 Å². The average Bonchev–Trinajstić information content (AvgIpc) is 3.18. The van der Waals surface area contributed by atoms with Crippen LogP contribution in [0.4, 0.5) is 5.69 Å². The van der Waals surface area contributed by atoms with Crippen molar-refractivity contribution in [1.29, 1.82) is 0 Å². The van der Waals surface area contributed by atoms with Crippen molar-refractivity contribution in [3.05, 3.63) is 54.4 Å². The third-order valence-corrected chi connectivity index (χ3v) is 4.48. The van der Waals surface area contributed by atoms with Crippen LogP contribution in [-0.2, 0) is 11.2 Å². The van der Waals surface area contributed by atoms with Crippen LogP contribution < -0.4 is 15.4 Å². The minimum atomic E-state index is 0.632. The Morgan fingerprint density at radius 1 is 1.10 bits per heavy atom. The number of aliphatic imine (C=N–C) groups is 1. The second-order valence-corrected chi connectivity index (χ2v) is 6.91. The Balaban J connectivity index is 1.51. The third kappa shape index (κ3) is 6.77. The summed E-state index contributed by atoms with van der Waals surface area (Å²) in [5.41, 5.74) is 3.03. The fourth-order valence-corrected chi connectivity index (χ4v) is 3.06. The predicted octanol–water partition coefficient (Wildman–Crippen LogP) is 3.99. The number of para-hydroxylation sites is 2. The molecule has 0 atom stereocenters. The largest absolute Gasteiger partial charge is 0.493 e. The molecule has 3 aromatic rings. The van der Waals surface area contributed by atoms with E-state index in [4.69, 9.17) is 9.47 Å². The van der Waals surface area contributed by atoms with Crippen molar-refractivity contribution in [2.45, 2.75) is 26.2 Å². The number of nitrogens with one attached hydrogen (secondary N) is 3. The van der Waals surface area contributed by atoms with Crippen molar-refractivity contribution >= 4 is 22.7 Å². The first-order chi connectivity index (χ1) is 14.8. The van der Waals surface area contributed by atoms with E-state index < -0.39 is 0 Å². The van der Waals surface area contributed by atoms with Gasteiger partial charge in [0, 0.05) is 51.4 Å². The van der Waals surface area contributed by atoms with Crippen LogP contribution in [0.25, 0.3) is 11.0 Å². The number of nitrogens with zero attached hydrogens (tertiary/aromatic N) is 2. The molecule has 0 spiro atoms. The van der Waals surface area contributed by atoms with Gasteiger partial charge in [0.05, 0.1) is 17.6 Å². The molecule has 3 rings (SSSR count). The molecule has 3 N–H and O–H groups in total. The van der Waals surface area contributed by atoms with E-state index in [9.17, 15) is 0 Å². The number of ether oxygens (including phenoxy) is 2. The van der Waals surface area contributed by atoms with E-state index in [0.717, 1.165) is 60.1 Å². The van der Waals surface area contributed by atoms with Crippen LogP contribution >= 0.6 is 0 Å². The summed E-state index contributed by atoms with van der Waals surface area (Å²) < 4.78 is 10.8. The van der Waals surface area contributed by atoms with Gasteiger partial charge in [0.1, 0.15) is 11.6 Å². The smallest absolute Gasteiger partial charge is 0.195 e. The first kappa shape index (κ1) is 21.6. The van der Waals surface area contributed by atoms with Crippen LogP contribution in [0, 0.1) is 0 Å². The number of guanidine groups is 1. The average molecular weight is 410 g/mol. The van der Waals surface area contributed by atoms with Crippen LogP contribution in [0.1, 0.15) is 25.6 Å².